The Balaban J connectivity index is 1.81. The second-order valence-electron chi connectivity index (χ2n) is 7.90. The number of rotatable bonds is 5. The number of nitrogens with two attached hydrogens (primary N) is 3. The lowest BCUT2D eigenvalue weighted by atomic mass is 9.78. The fourth-order valence-corrected chi connectivity index (χ4v) is 4.21. The van der Waals surface area contributed by atoms with Crippen molar-refractivity contribution in [1.29, 1.82) is 5.26 Å². The van der Waals surface area contributed by atoms with Crippen molar-refractivity contribution in [3.8, 4) is 17.3 Å². The van der Waals surface area contributed by atoms with Gasteiger partial charge in [0, 0.05) is 31.0 Å². The molecule has 0 aliphatic heterocycles. The van der Waals surface area contributed by atoms with E-state index in [1.807, 2.05) is 16.9 Å². The molecule has 0 saturated heterocycles. The van der Waals surface area contributed by atoms with Crippen LogP contribution in [0.4, 0.5) is 0 Å². The molecule has 1 fully saturated rings. The molecule has 0 unspecified atom stereocenters. The monoisotopic (exact) mass is 418 g/mol. The summed E-state index contributed by atoms with van der Waals surface area (Å²) >= 11 is 0. The zero-order valence-electron chi connectivity index (χ0n) is 17.4. The van der Waals surface area contributed by atoms with Gasteiger partial charge >= 0.3 is 0 Å². The zero-order chi connectivity index (χ0) is 22.0. The van der Waals surface area contributed by atoms with E-state index < -0.39 is 0 Å². The van der Waals surface area contributed by atoms with Crippen molar-refractivity contribution >= 4 is 16.9 Å². The molecule has 160 valence electrons. The molecule has 0 spiro atoms. The minimum Gasteiger partial charge on any atom is -0.404 e. The van der Waals surface area contributed by atoms with E-state index in [9.17, 15) is 5.26 Å². The topological polar surface area (TPSA) is 162 Å². The summed E-state index contributed by atoms with van der Waals surface area (Å²) < 4.78 is 3.65. The van der Waals surface area contributed by atoms with Gasteiger partial charge in [-0.25, -0.2) is 9.50 Å². The van der Waals surface area contributed by atoms with Gasteiger partial charge in [-0.2, -0.15) is 15.5 Å². The Morgan fingerprint density at radius 2 is 2.13 bits per heavy atom. The molecule has 0 atom stereocenters. The lowest BCUT2D eigenvalue weighted by Gasteiger charge is -2.38. The van der Waals surface area contributed by atoms with E-state index in [4.69, 9.17) is 22.2 Å². The number of aliphatic imine (C=N–C) groups is 1. The minimum absolute atomic E-state index is 0.179. The molecule has 10 heteroatoms. The highest BCUT2D eigenvalue weighted by Crippen LogP contribution is 2.38. The quantitative estimate of drug-likeness (QED) is 0.416. The molecule has 31 heavy (non-hydrogen) atoms. The second-order valence-corrected chi connectivity index (χ2v) is 7.90. The molecule has 10 nitrogen and oxygen atoms in total. The summed E-state index contributed by atoms with van der Waals surface area (Å²) in [5.74, 6) is 0.287. The summed E-state index contributed by atoms with van der Waals surface area (Å²) in [5.41, 5.74) is 21.0. The number of nitriles is 1. The highest BCUT2D eigenvalue weighted by Gasteiger charge is 2.37. The number of fused-ring (bicyclic) bond motifs is 1. The van der Waals surface area contributed by atoms with Crippen molar-refractivity contribution in [3.63, 3.8) is 0 Å². The predicted molar refractivity (Wildman–Crippen MR) is 119 cm³/mol. The molecule has 3 aromatic rings. The lowest BCUT2D eigenvalue weighted by Crippen LogP contribution is -2.41. The number of nitrogens with zero attached hydrogens (tertiary/aromatic N) is 7. The van der Waals surface area contributed by atoms with Gasteiger partial charge in [-0.3, -0.25) is 9.67 Å². The minimum atomic E-state index is -0.349. The molecule has 0 aromatic carbocycles. The number of amidine groups is 1. The maximum atomic E-state index is 9.46. The van der Waals surface area contributed by atoms with Crippen LogP contribution in [-0.4, -0.2) is 43.3 Å². The third-order valence-corrected chi connectivity index (χ3v) is 6.06. The summed E-state index contributed by atoms with van der Waals surface area (Å²) in [6, 6.07) is 4.40. The SMILES string of the molecule is CN=C(N)C(=CN)c1cn2nccc2c(-c2cnn(C3(CC#N)CCC(N)CC3)c2)n1. The van der Waals surface area contributed by atoms with Gasteiger partial charge in [-0.15, -0.1) is 0 Å². The molecule has 3 aromatic heterocycles. The van der Waals surface area contributed by atoms with Gasteiger partial charge < -0.3 is 17.2 Å². The highest BCUT2D eigenvalue weighted by molar-refractivity contribution is 6.21. The van der Waals surface area contributed by atoms with Crippen LogP contribution in [0.2, 0.25) is 0 Å². The van der Waals surface area contributed by atoms with Crippen molar-refractivity contribution in [2.24, 2.45) is 22.2 Å². The Kier molecular flexibility index (Phi) is 5.44. The van der Waals surface area contributed by atoms with Gasteiger partial charge in [-0.05, 0) is 31.7 Å². The number of hydrogen-bond acceptors (Lipinski definition) is 7. The first kappa shape index (κ1) is 20.6. The molecule has 3 heterocycles. The summed E-state index contributed by atoms with van der Waals surface area (Å²) in [5, 5.41) is 18.5. The van der Waals surface area contributed by atoms with Gasteiger partial charge in [0.1, 0.15) is 5.84 Å². The Morgan fingerprint density at radius 3 is 2.81 bits per heavy atom. The molecular formula is C21H26N10. The summed E-state index contributed by atoms with van der Waals surface area (Å²) in [6.07, 6.45) is 12.4. The van der Waals surface area contributed by atoms with Gasteiger partial charge in [0.2, 0.25) is 0 Å². The van der Waals surface area contributed by atoms with E-state index in [1.165, 1.54) is 6.20 Å². The molecule has 0 amide bonds. The standard InChI is InChI=1S/C21H26N10/c1-26-20(25)16(10-23)17-13-30-18(4-9-27-30)19(29-17)14-11-28-31(12-14)21(7-8-22)5-2-15(24)3-6-21/h4,9-13,15H,2-3,5-7,23-24H2,1H3,(H2,25,26). The number of aromatic nitrogens is 5. The van der Waals surface area contributed by atoms with Crippen LogP contribution in [-0.2, 0) is 5.54 Å². The number of hydrogen-bond donors (Lipinski definition) is 3. The van der Waals surface area contributed by atoms with Crippen LogP contribution in [0.15, 0.2) is 42.0 Å². The van der Waals surface area contributed by atoms with E-state index in [0.717, 1.165) is 36.8 Å². The van der Waals surface area contributed by atoms with Gasteiger partial charge in [0.15, 0.2) is 0 Å². The fourth-order valence-electron chi connectivity index (χ4n) is 4.21. The van der Waals surface area contributed by atoms with Crippen LogP contribution in [0.1, 0.15) is 37.8 Å². The molecule has 1 aliphatic rings. The molecule has 6 N–H and O–H groups in total. The summed E-state index contributed by atoms with van der Waals surface area (Å²) in [6.45, 7) is 0. The van der Waals surface area contributed by atoms with Crippen molar-refractivity contribution in [2.45, 2.75) is 43.7 Å². The Labute approximate surface area is 180 Å². The van der Waals surface area contributed by atoms with E-state index in [1.54, 1.807) is 30.2 Å². The van der Waals surface area contributed by atoms with Crippen LogP contribution < -0.4 is 17.2 Å². The Bertz CT molecular complexity index is 1180. The normalized spacial score (nSPS) is 22.5. The summed E-state index contributed by atoms with van der Waals surface area (Å²) in [7, 11) is 1.60. The van der Waals surface area contributed by atoms with Gasteiger partial charge in [0.25, 0.3) is 0 Å². The smallest absolute Gasteiger partial charge is 0.129 e. The first-order valence-electron chi connectivity index (χ1n) is 10.2. The van der Waals surface area contributed by atoms with Crippen molar-refractivity contribution in [3.05, 3.63) is 42.7 Å². The van der Waals surface area contributed by atoms with Crippen molar-refractivity contribution in [2.75, 3.05) is 7.05 Å². The van der Waals surface area contributed by atoms with Crippen LogP contribution in [0.25, 0.3) is 22.3 Å². The third kappa shape index (κ3) is 3.64. The van der Waals surface area contributed by atoms with E-state index in [2.05, 4.69) is 21.3 Å². The first-order valence-corrected chi connectivity index (χ1v) is 10.2. The predicted octanol–water partition coefficient (Wildman–Crippen LogP) is 1.39. The van der Waals surface area contributed by atoms with Crippen LogP contribution in [0, 0.1) is 11.3 Å². The zero-order valence-corrected chi connectivity index (χ0v) is 17.4. The maximum Gasteiger partial charge on any atom is 0.129 e. The van der Waals surface area contributed by atoms with E-state index >= 15 is 0 Å². The molecule has 0 radical (unpaired) electrons. The molecule has 1 saturated carbocycles. The molecule has 1 aliphatic carbocycles. The van der Waals surface area contributed by atoms with Crippen LogP contribution in [0.3, 0.4) is 0 Å². The largest absolute Gasteiger partial charge is 0.404 e. The maximum absolute atomic E-state index is 9.46. The van der Waals surface area contributed by atoms with E-state index in [0.29, 0.717) is 23.4 Å². The summed E-state index contributed by atoms with van der Waals surface area (Å²) in [4.78, 5) is 8.84. The van der Waals surface area contributed by atoms with Crippen molar-refractivity contribution in [1.82, 2.24) is 24.4 Å². The fraction of sp³-hybridized carbons (Fsp3) is 0.381. The average molecular weight is 419 g/mol. The molecule has 0 bridgehead atoms. The van der Waals surface area contributed by atoms with Gasteiger partial charge in [-0.1, -0.05) is 0 Å². The van der Waals surface area contributed by atoms with E-state index in [-0.39, 0.29) is 17.4 Å². The van der Waals surface area contributed by atoms with Crippen molar-refractivity contribution < 1.29 is 0 Å². The molecule has 4 rings (SSSR count). The Morgan fingerprint density at radius 1 is 1.35 bits per heavy atom. The Hall–Kier alpha value is -3.71. The van der Waals surface area contributed by atoms with Crippen LogP contribution >= 0.6 is 0 Å². The molecular weight excluding hydrogens is 392 g/mol. The second kappa shape index (κ2) is 8.20. The lowest BCUT2D eigenvalue weighted by molar-refractivity contribution is 0.166. The first-order chi connectivity index (χ1) is 15.0. The van der Waals surface area contributed by atoms with Gasteiger partial charge in [0.05, 0.1) is 59.1 Å². The highest BCUT2D eigenvalue weighted by atomic mass is 15.3. The third-order valence-electron chi connectivity index (χ3n) is 6.06. The van der Waals surface area contributed by atoms with Crippen LogP contribution in [0.5, 0.6) is 0 Å². The average Bonchev–Trinajstić information content (AvgIpc) is 3.45.